The quantitative estimate of drug-likeness (QED) is 0.708. The average Bonchev–Trinajstić information content (AvgIpc) is 2.18. The molecule has 0 aliphatic carbocycles. The molecule has 0 fully saturated rings. The number of hydrogen-bond acceptors (Lipinski definition) is 3. The molecule has 14 heavy (non-hydrogen) atoms. The van der Waals surface area contributed by atoms with E-state index >= 15 is 0 Å². The number of aromatic nitrogens is 2. The number of pyridine rings is 2. The highest BCUT2D eigenvalue weighted by Gasteiger charge is 2.09. The lowest BCUT2D eigenvalue weighted by Crippen LogP contribution is -2.10. The van der Waals surface area contributed by atoms with Crippen molar-refractivity contribution in [1.29, 1.82) is 5.26 Å². The molecule has 2 heterocycles. The van der Waals surface area contributed by atoms with E-state index in [1.165, 1.54) is 6.20 Å². The molecule has 0 unspecified atom stereocenters. The molecule has 0 bridgehead atoms. The summed E-state index contributed by atoms with van der Waals surface area (Å²) < 4.78 is 0. The highest BCUT2D eigenvalue weighted by molar-refractivity contribution is 6.36. The molecule has 0 saturated carbocycles. The van der Waals surface area contributed by atoms with E-state index < -0.39 is 5.56 Å². The van der Waals surface area contributed by atoms with Crippen LogP contribution in [0.25, 0.3) is 10.9 Å². The number of rotatable bonds is 0. The van der Waals surface area contributed by atoms with Gasteiger partial charge in [-0.3, -0.25) is 9.78 Å². The van der Waals surface area contributed by atoms with Crippen molar-refractivity contribution in [1.82, 2.24) is 9.97 Å². The second-order valence-electron chi connectivity index (χ2n) is 2.68. The van der Waals surface area contributed by atoms with E-state index in [0.29, 0.717) is 10.9 Å². The maximum Gasteiger partial charge on any atom is 0.267 e. The fourth-order valence-corrected chi connectivity index (χ4v) is 1.48. The number of nitrogens with one attached hydrogen (secondary N) is 1. The van der Waals surface area contributed by atoms with E-state index in [-0.39, 0.29) is 10.6 Å². The number of aromatic amines is 1. The van der Waals surface area contributed by atoms with E-state index in [1.807, 2.05) is 0 Å². The molecule has 0 spiro atoms. The van der Waals surface area contributed by atoms with Crippen molar-refractivity contribution in [2.75, 3.05) is 0 Å². The number of H-pyrrole nitrogens is 1. The zero-order valence-electron chi connectivity index (χ0n) is 6.91. The Bertz CT molecular complexity index is 597. The minimum atomic E-state index is -0.476. The second-order valence-corrected chi connectivity index (χ2v) is 3.05. The molecule has 0 aromatic carbocycles. The molecule has 0 amide bonds. The van der Waals surface area contributed by atoms with Gasteiger partial charge in [-0.25, -0.2) is 0 Å². The van der Waals surface area contributed by atoms with Crippen LogP contribution in [0.1, 0.15) is 5.56 Å². The first-order valence-electron chi connectivity index (χ1n) is 3.79. The summed E-state index contributed by atoms with van der Waals surface area (Å²) in [4.78, 5) is 17.7. The summed E-state index contributed by atoms with van der Waals surface area (Å²) in [5.74, 6) is 0. The van der Waals surface area contributed by atoms with Gasteiger partial charge in [-0.15, -0.1) is 0 Å². The average molecular weight is 206 g/mol. The van der Waals surface area contributed by atoms with Gasteiger partial charge in [0.05, 0.1) is 10.5 Å². The first-order chi connectivity index (χ1) is 6.74. The van der Waals surface area contributed by atoms with Gasteiger partial charge in [-0.05, 0) is 6.07 Å². The van der Waals surface area contributed by atoms with Crippen LogP contribution in [-0.4, -0.2) is 9.97 Å². The van der Waals surface area contributed by atoms with Crippen molar-refractivity contribution in [3.05, 3.63) is 39.4 Å². The molecule has 5 heteroatoms. The zero-order valence-corrected chi connectivity index (χ0v) is 7.67. The Morgan fingerprint density at radius 1 is 1.57 bits per heavy atom. The molecule has 1 N–H and O–H groups in total. The van der Waals surface area contributed by atoms with Crippen LogP contribution in [0.15, 0.2) is 23.3 Å². The van der Waals surface area contributed by atoms with Gasteiger partial charge >= 0.3 is 0 Å². The molecular weight excluding hydrogens is 202 g/mol. The van der Waals surface area contributed by atoms with E-state index in [1.54, 1.807) is 18.3 Å². The number of halogens is 1. The second kappa shape index (κ2) is 3.13. The highest BCUT2D eigenvalue weighted by atomic mass is 35.5. The molecule has 0 saturated heterocycles. The smallest absolute Gasteiger partial charge is 0.267 e. The van der Waals surface area contributed by atoms with Crippen LogP contribution in [-0.2, 0) is 0 Å². The normalized spacial score (nSPS) is 10.0. The van der Waals surface area contributed by atoms with E-state index in [0.717, 1.165) is 0 Å². The molecule has 0 aliphatic heterocycles. The van der Waals surface area contributed by atoms with E-state index in [4.69, 9.17) is 16.9 Å². The van der Waals surface area contributed by atoms with Crippen molar-refractivity contribution >= 4 is 22.5 Å². The summed E-state index contributed by atoms with van der Waals surface area (Å²) in [6.07, 6.45) is 3.05. The minimum absolute atomic E-state index is 0.0767. The van der Waals surface area contributed by atoms with Crippen molar-refractivity contribution < 1.29 is 0 Å². The predicted molar refractivity (Wildman–Crippen MR) is 52.1 cm³/mol. The maximum atomic E-state index is 11.3. The third kappa shape index (κ3) is 1.15. The first kappa shape index (κ1) is 8.73. The van der Waals surface area contributed by atoms with Crippen molar-refractivity contribution in [3.63, 3.8) is 0 Å². The monoisotopic (exact) mass is 205 g/mol. The summed E-state index contributed by atoms with van der Waals surface area (Å²) >= 11 is 5.86. The van der Waals surface area contributed by atoms with Crippen LogP contribution in [0.3, 0.4) is 0 Å². The fourth-order valence-electron chi connectivity index (χ4n) is 1.20. The lowest BCUT2D eigenvalue weighted by Gasteiger charge is -1.99. The lowest BCUT2D eigenvalue weighted by atomic mass is 10.2. The Labute approximate surface area is 83.8 Å². The van der Waals surface area contributed by atoms with Crippen LogP contribution in [0.2, 0.25) is 5.02 Å². The van der Waals surface area contributed by atoms with Gasteiger partial charge in [0.15, 0.2) is 0 Å². The Morgan fingerprint density at radius 2 is 2.36 bits per heavy atom. The van der Waals surface area contributed by atoms with Gasteiger partial charge in [-0.1, -0.05) is 11.6 Å². The Balaban J connectivity index is 3.02. The molecular formula is C9H4ClN3O. The van der Waals surface area contributed by atoms with Crippen molar-refractivity contribution in [2.24, 2.45) is 0 Å². The summed E-state index contributed by atoms with van der Waals surface area (Å²) in [6, 6.07) is 3.38. The Hall–Kier alpha value is -1.86. The number of fused-ring (bicyclic) bond motifs is 1. The Morgan fingerprint density at radius 3 is 3.07 bits per heavy atom. The van der Waals surface area contributed by atoms with E-state index in [2.05, 4.69) is 9.97 Å². The molecule has 2 rings (SSSR count). The third-order valence-corrected chi connectivity index (χ3v) is 2.26. The van der Waals surface area contributed by atoms with Gasteiger partial charge < -0.3 is 4.98 Å². The molecule has 68 valence electrons. The molecule has 2 aromatic rings. The van der Waals surface area contributed by atoms with Crippen molar-refractivity contribution in [3.8, 4) is 6.07 Å². The Kier molecular flexibility index (Phi) is 1.95. The van der Waals surface area contributed by atoms with Gasteiger partial charge in [0, 0.05) is 17.8 Å². The topological polar surface area (TPSA) is 69.5 Å². The van der Waals surface area contributed by atoms with Gasteiger partial charge in [-0.2, -0.15) is 5.26 Å². The zero-order chi connectivity index (χ0) is 10.1. The largest absolute Gasteiger partial charge is 0.321 e. The minimum Gasteiger partial charge on any atom is -0.321 e. The molecule has 0 atom stereocenters. The van der Waals surface area contributed by atoms with Crippen molar-refractivity contribution in [2.45, 2.75) is 0 Å². The maximum absolute atomic E-state index is 11.3. The summed E-state index contributed by atoms with van der Waals surface area (Å²) in [6.45, 7) is 0. The van der Waals surface area contributed by atoms with Crippen LogP contribution in [0.5, 0.6) is 0 Å². The summed E-state index contributed by atoms with van der Waals surface area (Å²) in [5, 5.41) is 9.41. The van der Waals surface area contributed by atoms with Gasteiger partial charge in [0.1, 0.15) is 11.6 Å². The predicted octanol–water partition coefficient (Wildman–Crippen LogP) is 1.45. The van der Waals surface area contributed by atoms with E-state index in [9.17, 15) is 4.79 Å². The molecule has 0 radical (unpaired) electrons. The molecule has 2 aromatic heterocycles. The van der Waals surface area contributed by atoms with Crippen LogP contribution in [0, 0.1) is 11.3 Å². The summed E-state index contributed by atoms with van der Waals surface area (Å²) in [5.41, 5.74) is 0.0253. The van der Waals surface area contributed by atoms with Gasteiger partial charge in [0.2, 0.25) is 0 Å². The molecule has 4 nitrogen and oxygen atoms in total. The number of hydrogen-bond donors (Lipinski definition) is 1. The number of nitriles is 1. The molecule has 0 aliphatic rings. The first-order valence-corrected chi connectivity index (χ1v) is 4.17. The lowest BCUT2D eigenvalue weighted by molar-refractivity contribution is 1.25. The third-order valence-electron chi connectivity index (χ3n) is 1.86. The SMILES string of the molecule is N#Cc1c(Cl)c2cnccc2[nH]c1=O. The van der Waals surface area contributed by atoms with Crippen LogP contribution < -0.4 is 5.56 Å². The van der Waals surface area contributed by atoms with Crippen LogP contribution >= 0.6 is 11.6 Å². The standard InChI is InChI=1S/C9H4ClN3O/c10-8-5(3-11)9(14)13-7-1-2-12-4-6(7)8/h1-2,4H,(H,13,14). The van der Waals surface area contributed by atoms with Crippen LogP contribution in [0.4, 0.5) is 0 Å². The highest BCUT2D eigenvalue weighted by Crippen LogP contribution is 2.21. The fraction of sp³-hybridized carbons (Fsp3) is 0. The number of nitrogens with zero attached hydrogens (tertiary/aromatic N) is 2. The summed E-state index contributed by atoms with van der Waals surface area (Å²) in [7, 11) is 0. The van der Waals surface area contributed by atoms with Gasteiger partial charge in [0.25, 0.3) is 5.56 Å².